The van der Waals surface area contributed by atoms with Crippen LogP contribution in [0.25, 0.3) is 5.69 Å². The van der Waals surface area contributed by atoms with Crippen molar-refractivity contribution in [1.29, 1.82) is 0 Å². The van der Waals surface area contributed by atoms with Gasteiger partial charge in [0.2, 0.25) is 0 Å². The van der Waals surface area contributed by atoms with E-state index in [1.165, 1.54) is 12.1 Å². The molecule has 0 spiro atoms. The average molecular weight is 404 g/mol. The van der Waals surface area contributed by atoms with Crippen LogP contribution in [0.3, 0.4) is 0 Å². The van der Waals surface area contributed by atoms with Gasteiger partial charge in [0.25, 0.3) is 5.91 Å². The van der Waals surface area contributed by atoms with Gasteiger partial charge >= 0.3 is 0 Å². The van der Waals surface area contributed by atoms with Gasteiger partial charge in [-0.3, -0.25) is 4.79 Å². The molecule has 128 valence electrons. The highest BCUT2D eigenvalue weighted by Crippen LogP contribution is 2.21. The Kier molecular flexibility index (Phi) is 5.14. The second kappa shape index (κ2) is 7.48. The fraction of sp³-hybridized carbons (Fsp3) is 0.111. The minimum absolute atomic E-state index is 0.0195. The summed E-state index contributed by atoms with van der Waals surface area (Å²) >= 11 is 3.17. The largest absolute Gasteiger partial charge is 0.481 e. The van der Waals surface area contributed by atoms with Gasteiger partial charge < -0.3 is 10.1 Å². The Hall–Kier alpha value is -2.67. The van der Waals surface area contributed by atoms with E-state index in [9.17, 15) is 9.18 Å². The average Bonchev–Trinajstić information content (AvgIpc) is 2.95. The van der Waals surface area contributed by atoms with Crippen LogP contribution in [-0.4, -0.2) is 22.3 Å². The number of carbonyl (C=O) groups excluding carboxylic acids is 1. The lowest BCUT2D eigenvalue weighted by Gasteiger charge is -2.10. The lowest BCUT2D eigenvalue weighted by molar-refractivity contribution is -0.118. The lowest BCUT2D eigenvalue weighted by Crippen LogP contribution is -2.22. The quantitative estimate of drug-likeness (QED) is 0.697. The molecule has 0 unspecified atom stereocenters. The molecule has 0 aliphatic carbocycles. The molecule has 0 radical (unpaired) electrons. The number of hydrogen-bond acceptors (Lipinski definition) is 3. The van der Waals surface area contributed by atoms with E-state index in [-0.39, 0.29) is 12.4 Å². The normalized spacial score (nSPS) is 10.5. The van der Waals surface area contributed by atoms with E-state index < -0.39 is 11.7 Å². The topological polar surface area (TPSA) is 56.1 Å². The molecule has 3 aromatic rings. The summed E-state index contributed by atoms with van der Waals surface area (Å²) in [5, 5.41) is 7.11. The van der Waals surface area contributed by atoms with Crippen LogP contribution in [0.4, 0.5) is 10.2 Å². The summed E-state index contributed by atoms with van der Waals surface area (Å²) < 4.78 is 21.2. The van der Waals surface area contributed by atoms with Gasteiger partial charge in [0.1, 0.15) is 5.82 Å². The van der Waals surface area contributed by atoms with Crippen molar-refractivity contribution < 1.29 is 13.9 Å². The number of anilines is 1. The van der Waals surface area contributed by atoms with E-state index in [1.807, 2.05) is 37.3 Å². The van der Waals surface area contributed by atoms with Crippen molar-refractivity contribution in [3.05, 3.63) is 70.6 Å². The highest BCUT2D eigenvalue weighted by atomic mass is 79.9. The number of ether oxygens (including phenoxy) is 1. The van der Waals surface area contributed by atoms with Crippen LogP contribution in [0, 0.1) is 12.7 Å². The highest BCUT2D eigenvalue weighted by molar-refractivity contribution is 9.10. The molecular formula is C18H15BrFN3O2. The Balaban J connectivity index is 1.69. The maximum Gasteiger partial charge on any atom is 0.263 e. The van der Waals surface area contributed by atoms with Crippen LogP contribution in [-0.2, 0) is 4.79 Å². The molecular weight excluding hydrogens is 389 g/mol. The summed E-state index contributed by atoms with van der Waals surface area (Å²) in [7, 11) is 0. The molecule has 1 N–H and O–H groups in total. The molecule has 7 heteroatoms. The number of aryl methyl sites for hydroxylation is 1. The monoisotopic (exact) mass is 403 g/mol. The molecule has 1 heterocycles. The number of rotatable bonds is 5. The first kappa shape index (κ1) is 17.2. The number of benzene rings is 2. The van der Waals surface area contributed by atoms with Crippen LogP contribution >= 0.6 is 15.9 Å². The van der Waals surface area contributed by atoms with Gasteiger partial charge in [0.05, 0.1) is 11.4 Å². The van der Waals surface area contributed by atoms with E-state index in [0.717, 1.165) is 11.4 Å². The number of amides is 1. The maximum absolute atomic E-state index is 13.7. The van der Waals surface area contributed by atoms with Crippen LogP contribution in [0.15, 0.2) is 59.1 Å². The van der Waals surface area contributed by atoms with E-state index in [1.54, 1.807) is 16.8 Å². The molecule has 1 amide bonds. The number of para-hydroxylation sites is 1. The minimum atomic E-state index is -0.535. The van der Waals surface area contributed by atoms with Gasteiger partial charge in [-0.25, -0.2) is 9.07 Å². The fourth-order valence-corrected chi connectivity index (χ4v) is 2.60. The Labute approximate surface area is 152 Å². The van der Waals surface area contributed by atoms with Gasteiger partial charge in [0, 0.05) is 10.5 Å². The van der Waals surface area contributed by atoms with E-state index >= 15 is 0 Å². The second-order valence-corrected chi connectivity index (χ2v) is 6.25. The maximum atomic E-state index is 13.7. The van der Waals surface area contributed by atoms with Crippen LogP contribution < -0.4 is 10.1 Å². The summed E-state index contributed by atoms with van der Waals surface area (Å²) in [6, 6.07) is 15.6. The summed E-state index contributed by atoms with van der Waals surface area (Å²) in [4.78, 5) is 12.1. The van der Waals surface area contributed by atoms with Crippen molar-refractivity contribution in [3.8, 4) is 11.4 Å². The Morgan fingerprint density at radius 1 is 1.24 bits per heavy atom. The molecule has 0 saturated carbocycles. The van der Waals surface area contributed by atoms with Crippen molar-refractivity contribution >= 4 is 27.7 Å². The van der Waals surface area contributed by atoms with Crippen molar-refractivity contribution in [2.24, 2.45) is 0 Å². The Morgan fingerprint density at radius 2 is 2.00 bits per heavy atom. The predicted molar refractivity (Wildman–Crippen MR) is 96.5 cm³/mol. The first-order valence-electron chi connectivity index (χ1n) is 7.53. The first-order chi connectivity index (χ1) is 12.0. The number of nitrogens with one attached hydrogen (secondary N) is 1. The third-order valence-electron chi connectivity index (χ3n) is 3.35. The zero-order chi connectivity index (χ0) is 17.8. The molecule has 0 atom stereocenters. The van der Waals surface area contributed by atoms with Crippen LogP contribution in [0.2, 0.25) is 0 Å². The van der Waals surface area contributed by atoms with E-state index in [4.69, 9.17) is 4.74 Å². The molecule has 3 rings (SSSR count). The molecule has 5 nitrogen and oxygen atoms in total. The molecule has 0 aliphatic heterocycles. The Bertz CT molecular complexity index is 897. The third-order valence-corrected chi connectivity index (χ3v) is 3.85. The summed E-state index contributed by atoms with van der Waals surface area (Å²) in [5.41, 5.74) is 1.59. The second-order valence-electron chi connectivity index (χ2n) is 5.33. The zero-order valence-corrected chi connectivity index (χ0v) is 15.0. The molecule has 2 aromatic carbocycles. The highest BCUT2D eigenvalue weighted by Gasteiger charge is 2.12. The van der Waals surface area contributed by atoms with Gasteiger partial charge in [-0.15, -0.1) is 0 Å². The van der Waals surface area contributed by atoms with E-state index in [0.29, 0.717) is 10.3 Å². The molecule has 0 fully saturated rings. The van der Waals surface area contributed by atoms with Crippen molar-refractivity contribution in [2.45, 2.75) is 6.92 Å². The van der Waals surface area contributed by atoms with Gasteiger partial charge in [-0.1, -0.05) is 34.1 Å². The zero-order valence-electron chi connectivity index (χ0n) is 13.4. The van der Waals surface area contributed by atoms with Crippen molar-refractivity contribution in [3.63, 3.8) is 0 Å². The third kappa shape index (κ3) is 4.24. The smallest absolute Gasteiger partial charge is 0.263 e. The lowest BCUT2D eigenvalue weighted by atomic mass is 10.3. The molecule has 0 aliphatic rings. The summed E-state index contributed by atoms with van der Waals surface area (Å²) in [5.74, 6) is -0.397. The van der Waals surface area contributed by atoms with Crippen molar-refractivity contribution in [1.82, 2.24) is 9.78 Å². The Morgan fingerprint density at radius 3 is 2.72 bits per heavy atom. The molecule has 0 bridgehead atoms. The SMILES string of the molecule is Cc1cc(NC(=O)COc2ccc(Br)cc2F)n(-c2ccccc2)n1. The predicted octanol–water partition coefficient (Wildman–Crippen LogP) is 4.10. The first-order valence-corrected chi connectivity index (χ1v) is 8.32. The number of aromatic nitrogens is 2. The molecule has 25 heavy (non-hydrogen) atoms. The van der Waals surface area contributed by atoms with Crippen LogP contribution in [0.5, 0.6) is 5.75 Å². The minimum Gasteiger partial charge on any atom is -0.481 e. The molecule has 0 saturated heterocycles. The summed E-state index contributed by atoms with van der Waals surface area (Å²) in [6.07, 6.45) is 0. The fourth-order valence-electron chi connectivity index (χ4n) is 2.27. The van der Waals surface area contributed by atoms with Crippen molar-refractivity contribution in [2.75, 3.05) is 11.9 Å². The number of carbonyl (C=O) groups is 1. The number of hydrogen-bond donors (Lipinski definition) is 1. The van der Waals surface area contributed by atoms with Crippen LogP contribution in [0.1, 0.15) is 5.69 Å². The number of halogens is 2. The standard InChI is InChI=1S/C18H15BrFN3O2/c1-12-9-17(23(22-12)14-5-3-2-4-6-14)21-18(24)11-25-16-8-7-13(19)10-15(16)20/h2-10H,11H2,1H3,(H,21,24). The summed E-state index contributed by atoms with van der Waals surface area (Å²) in [6.45, 7) is 1.53. The molecule has 1 aromatic heterocycles. The van der Waals surface area contributed by atoms with Gasteiger partial charge in [-0.2, -0.15) is 5.10 Å². The number of nitrogens with zero attached hydrogens (tertiary/aromatic N) is 2. The van der Waals surface area contributed by atoms with Gasteiger partial charge in [0.15, 0.2) is 18.2 Å². The van der Waals surface area contributed by atoms with Gasteiger partial charge in [-0.05, 0) is 37.3 Å². The van der Waals surface area contributed by atoms with E-state index in [2.05, 4.69) is 26.3 Å².